The highest BCUT2D eigenvalue weighted by atomic mass is 16.5. The van der Waals surface area contributed by atoms with Gasteiger partial charge < -0.3 is 9.47 Å². The van der Waals surface area contributed by atoms with Crippen molar-refractivity contribution in [3.63, 3.8) is 0 Å². The van der Waals surface area contributed by atoms with Gasteiger partial charge in [0.2, 0.25) is 0 Å². The van der Waals surface area contributed by atoms with Gasteiger partial charge in [0.25, 0.3) is 11.8 Å². The maximum Gasteiger partial charge on any atom is 0.269 e. The molecule has 8 nitrogen and oxygen atoms in total. The molecule has 0 unspecified atom stereocenters. The van der Waals surface area contributed by atoms with Crippen LogP contribution in [0.5, 0.6) is 11.5 Å². The summed E-state index contributed by atoms with van der Waals surface area (Å²) >= 11 is 0. The Morgan fingerprint density at radius 1 is 0.656 bits per heavy atom. The topological polar surface area (TPSA) is 129 Å². The Hall–Kier alpha value is -2.32. The van der Waals surface area contributed by atoms with E-state index in [4.69, 9.17) is 21.2 Å². The van der Waals surface area contributed by atoms with Crippen LogP contribution < -0.4 is 32.0 Å². The van der Waals surface area contributed by atoms with Gasteiger partial charge in [0, 0.05) is 0 Å². The van der Waals surface area contributed by atoms with Crippen LogP contribution in [0, 0.1) is 0 Å². The number of ether oxygens (including phenoxy) is 2. The second-order valence-electron chi connectivity index (χ2n) is 8.02. The van der Waals surface area contributed by atoms with Crippen LogP contribution in [-0.4, -0.2) is 25.0 Å². The van der Waals surface area contributed by atoms with Gasteiger partial charge in [0.05, 0.1) is 24.3 Å². The Bertz CT molecular complexity index is 624. The van der Waals surface area contributed by atoms with E-state index in [2.05, 4.69) is 24.7 Å². The molecule has 0 heterocycles. The summed E-state index contributed by atoms with van der Waals surface area (Å²) in [5.41, 5.74) is 4.72. The van der Waals surface area contributed by atoms with E-state index in [0.29, 0.717) is 13.2 Å². The minimum Gasteiger partial charge on any atom is -0.493 e. The number of carbonyl (C=O) groups is 2. The molecule has 32 heavy (non-hydrogen) atoms. The molecule has 182 valence electrons. The number of hydrazine groups is 2. The van der Waals surface area contributed by atoms with Crippen molar-refractivity contribution in [1.29, 1.82) is 0 Å². The molecular formula is C24H42N4O4. The number of carbonyl (C=O) groups excluding carboxylic acids is 2. The number of nitrogen functional groups attached to an aromatic ring is 2. The molecule has 2 amide bonds. The molecular weight excluding hydrogens is 408 g/mol. The maximum atomic E-state index is 12.3. The quantitative estimate of drug-likeness (QED) is 0.114. The average molecular weight is 451 g/mol. The lowest BCUT2D eigenvalue weighted by Crippen LogP contribution is -2.32. The standard InChI is InChI=1S/C24H42N4O4/c1-3-5-7-9-11-13-15-31-21-17-20(24(30)28-26)22(18-19(21)23(29)27-25)32-16-14-12-10-8-6-4-2/h17-18H,3-16,25-26H2,1-2H3,(H,27,29)(H,28,30). The van der Waals surface area contributed by atoms with E-state index >= 15 is 0 Å². The Morgan fingerprint density at radius 2 is 1.00 bits per heavy atom. The van der Waals surface area contributed by atoms with Crippen molar-refractivity contribution in [3.05, 3.63) is 23.3 Å². The normalized spacial score (nSPS) is 10.6. The van der Waals surface area contributed by atoms with Gasteiger partial charge in [-0.3, -0.25) is 20.4 Å². The molecule has 0 spiro atoms. The van der Waals surface area contributed by atoms with Gasteiger partial charge in [-0.05, 0) is 25.0 Å². The van der Waals surface area contributed by atoms with Crippen LogP contribution in [0.3, 0.4) is 0 Å². The van der Waals surface area contributed by atoms with Crippen molar-refractivity contribution in [2.75, 3.05) is 13.2 Å². The third kappa shape index (κ3) is 10.3. The lowest BCUT2D eigenvalue weighted by atomic mass is 10.1. The summed E-state index contributed by atoms with van der Waals surface area (Å²) in [5.74, 6) is 10.3. The maximum absolute atomic E-state index is 12.3. The third-order valence-corrected chi connectivity index (χ3v) is 5.34. The lowest BCUT2D eigenvalue weighted by molar-refractivity contribution is 0.0934. The molecule has 1 rings (SSSR count). The molecule has 1 aromatic carbocycles. The van der Waals surface area contributed by atoms with Crippen LogP contribution >= 0.6 is 0 Å². The smallest absolute Gasteiger partial charge is 0.269 e. The zero-order chi connectivity index (χ0) is 23.6. The monoisotopic (exact) mass is 450 g/mol. The highest BCUT2D eigenvalue weighted by Crippen LogP contribution is 2.30. The van der Waals surface area contributed by atoms with Crippen molar-refractivity contribution in [1.82, 2.24) is 10.9 Å². The third-order valence-electron chi connectivity index (χ3n) is 5.34. The van der Waals surface area contributed by atoms with Gasteiger partial charge >= 0.3 is 0 Å². The van der Waals surface area contributed by atoms with Crippen molar-refractivity contribution in [2.45, 2.75) is 90.9 Å². The van der Waals surface area contributed by atoms with Gasteiger partial charge in [-0.25, -0.2) is 11.7 Å². The summed E-state index contributed by atoms with van der Waals surface area (Å²) in [6.07, 6.45) is 13.4. The van der Waals surface area contributed by atoms with Crippen molar-refractivity contribution in [3.8, 4) is 11.5 Å². The molecule has 0 atom stereocenters. The summed E-state index contributed by atoms with van der Waals surface area (Å²) in [6.45, 7) is 5.25. The van der Waals surface area contributed by atoms with Crippen LogP contribution in [-0.2, 0) is 0 Å². The van der Waals surface area contributed by atoms with Crippen LogP contribution in [0.15, 0.2) is 12.1 Å². The zero-order valence-electron chi connectivity index (χ0n) is 19.8. The fraction of sp³-hybridized carbons (Fsp3) is 0.667. The van der Waals surface area contributed by atoms with Gasteiger partial charge in [-0.15, -0.1) is 0 Å². The molecule has 0 aliphatic rings. The lowest BCUT2D eigenvalue weighted by Gasteiger charge is -2.16. The number of hydrogen-bond donors (Lipinski definition) is 4. The Kier molecular flexibility index (Phi) is 14.9. The Labute approximate surface area is 192 Å². The van der Waals surface area contributed by atoms with Crippen LogP contribution in [0.25, 0.3) is 0 Å². The van der Waals surface area contributed by atoms with Crippen LogP contribution in [0.4, 0.5) is 0 Å². The number of benzene rings is 1. The Balaban J connectivity index is 2.83. The molecule has 0 saturated carbocycles. The molecule has 6 N–H and O–H groups in total. The van der Waals surface area contributed by atoms with Crippen LogP contribution in [0.1, 0.15) is 112 Å². The van der Waals surface area contributed by atoms with Gasteiger partial charge in [-0.2, -0.15) is 0 Å². The molecule has 0 aliphatic carbocycles. The summed E-state index contributed by atoms with van der Waals surface area (Å²) in [5, 5.41) is 0. The van der Waals surface area contributed by atoms with Gasteiger partial charge in [0.1, 0.15) is 11.5 Å². The highest BCUT2D eigenvalue weighted by Gasteiger charge is 2.21. The van der Waals surface area contributed by atoms with Crippen LogP contribution in [0.2, 0.25) is 0 Å². The minimum absolute atomic E-state index is 0.227. The number of hydrogen-bond acceptors (Lipinski definition) is 6. The molecule has 0 fully saturated rings. The largest absolute Gasteiger partial charge is 0.493 e. The van der Waals surface area contributed by atoms with Crippen molar-refractivity contribution < 1.29 is 19.1 Å². The van der Waals surface area contributed by atoms with E-state index in [9.17, 15) is 9.59 Å². The van der Waals surface area contributed by atoms with E-state index in [-0.39, 0.29) is 22.6 Å². The molecule has 1 aromatic rings. The van der Waals surface area contributed by atoms with E-state index in [1.807, 2.05) is 0 Å². The molecule has 0 saturated heterocycles. The number of nitrogens with one attached hydrogen (secondary N) is 2. The first kappa shape index (κ1) is 27.7. The molecule has 8 heteroatoms. The van der Waals surface area contributed by atoms with E-state index in [1.165, 1.54) is 50.7 Å². The predicted octanol–water partition coefficient (Wildman–Crippen LogP) is 4.37. The number of rotatable bonds is 18. The molecule has 0 aromatic heterocycles. The number of unbranched alkanes of at least 4 members (excludes halogenated alkanes) is 10. The Morgan fingerprint density at radius 3 is 1.34 bits per heavy atom. The summed E-state index contributed by atoms with van der Waals surface area (Å²) < 4.78 is 11.7. The molecule has 0 aliphatic heterocycles. The number of amides is 2. The molecule has 0 radical (unpaired) electrons. The van der Waals surface area contributed by atoms with Gasteiger partial charge in [0.15, 0.2) is 0 Å². The van der Waals surface area contributed by atoms with E-state index < -0.39 is 11.8 Å². The molecule has 0 bridgehead atoms. The summed E-state index contributed by atoms with van der Waals surface area (Å²) in [6, 6.07) is 3.00. The SMILES string of the molecule is CCCCCCCCOc1cc(C(=O)NN)c(OCCCCCCCC)cc1C(=O)NN. The van der Waals surface area contributed by atoms with Crippen molar-refractivity contribution in [2.24, 2.45) is 11.7 Å². The second kappa shape index (κ2) is 17.3. The summed E-state index contributed by atoms with van der Waals surface area (Å²) in [7, 11) is 0. The second-order valence-corrected chi connectivity index (χ2v) is 8.02. The number of nitrogens with two attached hydrogens (primary N) is 2. The van der Waals surface area contributed by atoms with E-state index in [0.717, 1.165) is 38.5 Å². The average Bonchev–Trinajstić information content (AvgIpc) is 2.82. The van der Waals surface area contributed by atoms with Crippen molar-refractivity contribution >= 4 is 11.8 Å². The fourth-order valence-electron chi connectivity index (χ4n) is 3.44. The highest BCUT2D eigenvalue weighted by molar-refractivity contribution is 6.02. The first-order chi connectivity index (χ1) is 15.6. The van der Waals surface area contributed by atoms with Gasteiger partial charge in [-0.1, -0.05) is 78.1 Å². The first-order valence-corrected chi connectivity index (χ1v) is 12.0. The zero-order valence-corrected chi connectivity index (χ0v) is 19.8. The predicted molar refractivity (Wildman–Crippen MR) is 127 cm³/mol. The first-order valence-electron chi connectivity index (χ1n) is 12.0. The van der Waals surface area contributed by atoms with E-state index in [1.54, 1.807) is 0 Å². The fourth-order valence-corrected chi connectivity index (χ4v) is 3.44. The summed E-state index contributed by atoms with van der Waals surface area (Å²) in [4.78, 5) is 24.6. The minimum atomic E-state index is -0.507.